The van der Waals surface area contributed by atoms with E-state index in [1.54, 1.807) is 6.20 Å². The van der Waals surface area contributed by atoms with Gasteiger partial charge in [0.15, 0.2) is 0 Å². The van der Waals surface area contributed by atoms with Gasteiger partial charge in [0.2, 0.25) is 0 Å². The van der Waals surface area contributed by atoms with Crippen LogP contribution in [0.2, 0.25) is 0 Å². The van der Waals surface area contributed by atoms with Gasteiger partial charge in [-0.1, -0.05) is 12.8 Å². The van der Waals surface area contributed by atoms with E-state index in [0.717, 1.165) is 18.4 Å². The van der Waals surface area contributed by atoms with Gasteiger partial charge in [-0.15, -0.1) is 0 Å². The number of hydrogen-bond acceptors (Lipinski definition) is 2. The molecule has 0 amide bonds. The van der Waals surface area contributed by atoms with E-state index in [2.05, 4.69) is 10.3 Å². The molecule has 2 nitrogen and oxygen atoms in total. The Morgan fingerprint density at radius 1 is 1.40 bits per heavy atom. The maximum atomic E-state index is 13.6. The summed E-state index contributed by atoms with van der Waals surface area (Å²) in [6.45, 7) is 0. The normalized spacial score (nSPS) is 26.5. The lowest BCUT2D eigenvalue weighted by Crippen LogP contribution is -2.35. The number of hydrogen-bond donors (Lipinski definition) is 1. The molecule has 2 atom stereocenters. The SMILES string of the molecule is CNC1CCCCC1c1ccncc1F. The Kier molecular flexibility index (Phi) is 3.31. The highest BCUT2D eigenvalue weighted by molar-refractivity contribution is 5.20. The third-order valence-corrected chi connectivity index (χ3v) is 3.34. The molecule has 1 N–H and O–H groups in total. The fourth-order valence-corrected chi connectivity index (χ4v) is 2.54. The van der Waals surface area contributed by atoms with Crippen molar-refractivity contribution in [1.82, 2.24) is 10.3 Å². The van der Waals surface area contributed by atoms with Gasteiger partial charge >= 0.3 is 0 Å². The summed E-state index contributed by atoms with van der Waals surface area (Å²) < 4.78 is 13.6. The van der Waals surface area contributed by atoms with E-state index in [4.69, 9.17) is 0 Å². The van der Waals surface area contributed by atoms with E-state index < -0.39 is 0 Å². The molecule has 15 heavy (non-hydrogen) atoms. The van der Waals surface area contributed by atoms with Crippen molar-refractivity contribution >= 4 is 0 Å². The smallest absolute Gasteiger partial charge is 0.145 e. The molecular formula is C12H17FN2. The van der Waals surface area contributed by atoms with Crippen LogP contribution in [0.5, 0.6) is 0 Å². The second-order valence-corrected chi connectivity index (χ2v) is 4.18. The van der Waals surface area contributed by atoms with Crippen molar-refractivity contribution in [2.24, 2.45) is 0 Å². The van der Waals surface area contributed by atoms with Crippen molar-refractivity contribution < 1.29 is 4.39 Å². The molecule has 3 heteroatoms. The van der Waals surface area contributed by atoms with Crippen LogP contribution in [0, 0.1) is 5.82 Å². The summed E-state index contributed by atoms with van der Waals surface area (Å²) in [6.07, 6.45) is 7.66. The van der Waals surface area contributed by atoms with Gasteiger partial charge in [-0.25, -0.2) is 4.39 Å². The molecule has 0 aliphatic heterocycles. The first-order valence-corrected chi connectivity index (χ1v) is 5.59. The minimum absolute atomic E-state index is 0.162. The summed E-state index contributed by atoms with van der Waals surface area (Å²) in [6, 6.07) is 2.23. The van der Waals surface area contributed by atoms with Crippen molar-refractivity contribution in [3.63, 3.8) is 0 Å². The lowest BCUT2D eigenvalue weighted by Gasteiger charge is -2.31. The zero-order chi connectivity index (χ0) is 10.7. The second kappa shape index (κ2) is 4.71. The molecule has 1 aromatic heterocycles. The first kappa shape index (κ1) is 10.6. The summed E-state index contributed by atoms with van der Waals surface area (Å²) in [5.74, 6) is 0.149. The number of likely N-dealkylation sites (N-methyl/N-ethyl adjacent to an activating group) is 1. The monoisotopic (exact) mass is 208 g/mol. The van der Waals surface area contributed by atoms with Crippen LogP contribution in [0.3, 0.4) is 0 Å². The fraction of sp³-hybridized carbons (Fsp3) is 0.583. The third-order valence-electron chi connectivity index (χ3n) is 3.34. The van der Waals surface area contributed by atoms with Crippen molar-refractivity contribution in [1.29, 1.82) is 0 Å². The Balaban J connectivity index is 2.24. The average molecular weight is 208 g/mol. The van der Waals surface area contributed by atoms with E-state index in [1.165, 1.54) is 19.0 Å². The molecule has 1 heterocycles. The standard InChI is InChI=1S/C12H17FN2/c1-14-12-5-3-2-4-10(12)9-6-7-15-8-11(9)13/h6-8,10,12,14H,2-5H2,1H3. The minimum atomic E-state index is -0.162. The Hall–Kier alpha value is -0.960. The molecule has 1 fully saturated rings. The predicted octanol–water partition coefficient (Wildman–Crippen LogP) is 2.47. The quantitative estimate of drug-likeness (QED) is 0.807. The lowest BCUT2D eigenvalue weighted by molar-refractivity contribution is 0.336. The molecule has 0 aromatic carbocycles. The summed E-state index contributed by atoms with van der Waals surface area (Å²) in [5.41, 5.74) is 0.823. The molecule has 0 spiro atoms. The molecule has 0 saturated heterocycles. The maximum absolute atomic E-state index is 13.6. The largest absolute Gasteiger partial charge is 0.316 e. The van der Waals surface area contributed by atoms with Crippen LogP contribution in [0.1, 0.15) is 37.2 Å². The summed E-state index contributed by atoms with van der Waals surface area (Å²) in [4.78, 5) is 3.80. The second-order valence-electron chi connectivity index (χ2n) is 4.18. The van der Waals surface area contributed by atoms with Crippen molar-refractivity contribution in [2.75, 3.05) is 7.05 Å². The lowest BCUT2D eigenvalue weighted by atomic mass is 9.80. The van der Waals surface area contributed by atoms with Crippen molar-refractivity contribution in [3.8, 4) is 0 Å². The van der Waals surface area contributed by atoms with Crippen molar-refractivity contribution in [3.05, 3.63) is 29.8 Å². The van der Waals surface area contributed by atoms with Crippen LogP contribution >= 0.6 is 0 Å². The first-order chi connectivity index (χ1) is 7.33. The van der Waals surface area contributed by atoms with Crippen LogP contribution in [0.25, 0.3) is 0 Å². The van der Waals surface area contributed by atoms with Crippen LogP contribution in [0.15, 0.2) is 18.5 Å². The molecule has 82 valence electrons. The van der Waals surface area contributed by atoms with E-state index in [9.17, 15) is 4.39 Å². The number of rotatable bonds is 2. The third kappa shape index (κ3) is 2.17. The highest BCUT2D eigenvalue weighted by Gasteiger charge is 2.26. The summed E-state index contributed by atoms with van der Waals surface area (Å²) >= 11 is 0. The highest BCUT2D eigenvalue weighted by atomic mass is 19.1. The molecule has 2 unspecified atom stereocenters. The zero-order valence-corrected chi connectivity index (χ0v) is 9.04. The van der Waals surface area contributed by atoms with Crippen LogP contribution in [0.4, 0.5) is 4.39 Å². The summed E-state index contributed by atoms with van der Waals surface area (Å²) in [7, 11) is 1.96. The molecule has 2 rings (SSSR count). The van der Waals surface area contributed by atoms with E-state index in [0.29, 0.717) is 12.0 Å². The Morgan fingerprint density at radius 2 is 2.20 bits per heavy atom. The average Bonchev–Trinajstić information content (AvgIpc) is 2.30. The van der Waals surface area contributed by atoms with Gasteiger partial charge in [-0.3, -0.25) is 4.98 Å². The Morgan fingerprint density at radius 3 is 2.93 bits per heavy atom. The van der Waals surface area contributed by atoms with Crippen LogP contribution < -0.4 is 5.32 Å². The number of pyridine rings is 1. The molecule has 1 aromatic rings. The minimum Gasteiger partial charge on any atom is -0.316 e. The molecule has 1 saturated carbocycles. The molecule has 0 bridgehead atoms. The van der Waals surface area contributed by atoms with E-state index in [1.807, 2.05) is 13.1 Å². The van der Waals surface area contributed by atoms with Crippen LogP contribution in [-0.2, 0) is 0 Å². The van der Waals surface area contributed by atoms with Gasteiger partial charge in [-0.05, 0) is 31.5 Å². The van der Waals surface area contributed by atoms with Gasteiger partial charge in [0.25, 0.3) is 0 Å². The highest BCUT2D eigenvalue weighted by Crippen LogP contribution is 2.33. The number of aromatic nitrogens is 1. The Labute approximate surface area is 89.9 Å². The fourth-order valence-electron chi connectivity index (χ4n) is 2.54. The van der Waals surface area contributed by atoms with Gasteiger partial charge < -0.3 is 5.32 Å². The molecule has 0 radical (unpaired) electrons. The Bertz CT molecular complexity index is 327. The molecule has 1 aliphatic carbocycles. The van der Waals surface area contributed by atoms with Crippen LogP contribution in [-0.4, -0.2) is 18.1 Å². The zero-order valence-electron chi connectivity index (χ0n) is 9.04. The number of nitrogens with zero attached hydrogens (tertiary/aromatic N) is 1. The predicted molar refractivity (Wildman–Crippen MR) is 58.3 cm³/mol. The van der Waals surface area contributed by atoms with Crippen molar-refractivity contribution in [2.45, 2.75) is 37.6 Å². The van der Waals surface area contributed by atoms with E-state index in [-0.39, 0.29) is 5.82 Å². The number of halogens is 1. The summed E-state index contributed by atoms with van der Waals surface area (Å²) in [5, 5.41) is 3.29. The van der Waals surface area contributed by atoms with Gasteiger partial charge in [0.05, 0.1) is 6.20 Å². The topological polar surface area (TPSA) is 24.9 Å². The molecule has 1 aliphatic rings. The molecular weight excluding hydrogens is 191 g/mol. The maximum Gasteiger partial charge on any atom is 0.145 e. The van der Waals surface area contributed by atoms with E-state index >= 15 is 0 Å². The van der Waals surface area contributed by atoms with Gasteiger partial charge in [-0.2, -0.15) is 0 Å². The van der Waals surface area contributed by atoms with Gasteiger partial charge in [0, 0.05) is 18.2 Å². The van der Waals surface area contributed by atoms with Gasteiger partial charge in [0.1, 0.15) is 5.82 Å². The number of nitrogens with one attached hydrogen (secondary N) is 1. The first-order valence-electron chi connectivity index (χ1n) is 5.59.